The van der Waals surface area contributed by atoms with E-state index in [2.05, 4.69) is 32.9 Å². The summed E-state index contributed by atoms with van der Waals surface area (Å²) in [5, 5.41) is 0. The van der Waals surface area contributed by atoms with Crippen LogP contribution in [0.2, 0.25) is 0 Å². The van der Waals surface area contributed by atoms with Crippen molar-refractivity contribution in [3.63, 3.8) is 0 Å². The molecular formula is C38H74O2. The zero-order chi connectivity index (χ0) is 29.2. The maximum absolute atomic E-state index is 12.3. The fourth-order valence-electron chi connectivity index (χ4n) is 5.71. The lowest BCUT2D eigenvalue weighted by molar-refractivity contribution is -0.145. The van der Waals surface area contributed by atoms with Gasteiger partial charge in [0.15, 0.2) is 0 Å². The van der Waals surface area contributed by atoms with E-state index >= 15 is 0 Å². The zero-order valence-corrected chi connectivity index (χ0v) is 28.0. The molecule has 0 N–H and O–H groups in total. The van der Waals surface area contributed by atoms with Crippen LogP contribution in [0.3, 0.4) is 0 Å². The van der Waals surface area contributed by atoms with Crippen LogP contribution in [0.5, 0.6) is 0 Å². The van der Waals surface area contributed by atoms with Crippen LogP contribution in [0, 0.1) is 5.92 Å². The third-order valence-corrected chi connectivity index (χ3v) is 8.55. The van der Waals surface area contributed by atoms with Gasteiger partial charge in [-0.1, -0.05) is 174 Å². The van der Waals surface area contributed by atoms with Gasteiger partial charge in [-0.3, -0.25) is 4.79 Å². The predicted molar refractivity (Wildman–Crippen MR) is 179 cm³/mol. The first-order valence-electron chi connectivity index (χ1n) is 18.5. The van der Waals surface area contributed by atoms with Gasteiger partial charge in [-0.25, -0.2) is 0 Å². The number of rotatable bonds is 33. The maximum Gasteiger partial charge on any atom is 0.305 e. The first kappa shape index (κ1) is 39.2. The Balaban J connectivity index is 3.62. The summed E-state index contributed by atoms with van der Waals surface area (Å²) in [5.74, 6) is 0.621. The minimum absolute atomic E-state index is 0.0440. The molecule has 0 aromatic rings. The number of allylic oxidation sites excluding steroid dienone is 2. The third-order valence-electron chi connectivity index (χ3n) is 8.55. The Morgan fingerprint density at radius 1 is 0.475 bits per heavy atom. The second-order valence-corrected chi connectivity index (χ2v) is 12.7. The lowest BCUT2D eigenvalue weighted by Gasteiger charge is -2.17. The first-order valence-corrected chi connectivity index (χ1v) is 18.5. The second kappa shape index (κ2) is 34.4. The fourth-order valence-corrected chi connectivity index (χ4v) is 5.71. The van der Waals surface area contributed by atoms with E-state index in [0.29, 0.717) is 18.9 Å². The van der Waals surface area contributed by atoms with E-state index in [-0.39, 0.29) is 5.97 Å². The van der Waals surface area contributed by atoms with E-state index in [0.717, 1.165) is 6.42 Å². The quantitative estimate of drug-likeness (QED) is 0.0451. The molecule has 0 aliphatic carbocycles. The van der Waals surface area contributed by atoms with Crippen molar-refractivity contribution in [3.8, 4) is 0 Å². The molecule has 0 saturated heterocycles. The highest BCUT2D eigenvalue weighted by molar-refractivity contribution is 5.69. The summed E-state index contributed by atoms with van der Waals surface area (Å²) in [6.45, 7) is 7.50. The number of esters is 1. The molecule has 1 unspecified atom stereocenters. The predicted octanol–water partition coefficient (Wildman–Crippen LogP) is 13.5. The number of hydrogen-bond donors (Lipinski definition) is 0. The SMILES string of the molecule is CCCCCCCCC=CCCCCCCCCCCCC(=O)OCC(CCCCCC)CCCCCCCC. The van der Waals surface area contributed by atoms with Gasteiger partial charge in [0.25, 0.3) is 0 Å². The molecule has 1 atom stereocenters. The molecule has 0 aliphatic heterocycles. The van der Waals surface area contributed by atoms with Crippen molar-refractivity contribution in [2.24, 2.45) is 5.92 Å². The maximum atomic E-state index is 12.3. The van der Waals surface area contributed by atoms with Gasteiger partial charge >= 0.3 is 5.97 Å². The van der Waals surface area contributed by atoms with Crippen molar-refractivity contribution in [2.45, 2.75) is 213 Å². The van der Waals surface area contributed by atoms with Crippen LogP contribution < -0.4 is 0 Å². The molecule has 0 amide bonds. The Morgan fingerprint density at radius 3 is 1.27 bits per heavy atom. The molecule has 0 spiro atoms. The number of hydrogen-bond acceptors (Lipinski definition) is 2. The van der Waals surface area contributed by atoms with Gasteiger partial charge in [-0.15, -0.1) is 0 Å². The van der Waals surface area contributed by atoms with Gasteiger partial charge in [-0.05, 0) is 50.9 Å². The lowest BCUT2D eigenvalue weighted by Crippen LogP contribution is -2.14. The Kier molecular flexibility index (Phi) is 33.7. The molecule has 0 saturated carbocycles. The average molecular weight is 563 g/mol. The minimum atomic E-state index is 0.0440. The molecule has 0 aromatic heterocycles. The summed E-state index contributed by atoms with van der Waals surface area (Å²) in [6.07, 6.45) is 43.8. The van der Waals surface area contributed by atoms with Crippen LogP contribution in [0.15, 0.2) is 12.2 Å². The fraction of sp³-hybridized carbons (Fsp3) is 0.921. The number of unbranched alkanes of at least 4 members (excludes halogenated alkanes) is 23. The topological polar surface area (TPSA) is 26.3 Å². The van der Waals surface area contributed by atoms with Crippen LogP contribution >= 0.6 is 0 Å². The standard InChI is InChI=1S/C38H74O2/c1-4-7-10-13-15-16-17-18-19-20-21-22-23-24-25-26-27-29-32-35-38(39)40-36-37(33-30-12-9-6-3)34-31-28-14-11-8-5-2/h18-19,37H,4-17,20-36H2,1-3H3. The normalized spacial score (nSPS) is 12.4. The second-order valence-electron chi connectivity index (χ2n) is 12.7. The van der Waals surface area contributed by atoms with Crippen molar-refractivity contribution >= 4 is 5.97 Å². The zero-order valence-electron chi connectivity index (χ0n) is 28.0. The number of ether oxygens (including phenoxy) is 1. The van der Waals surface area contributed by atoms with E-state index in [9.17, 15) is 4.79 Å². The Morgan fingerprint density at radius 2 is 0.825 bits per heavy atom. The minimum Gasteiger partial charge on any atom is -0.465 e. The van der Waals surface area contributed by atoms with E-state index in [1.165, 1.54) is 180 Å². The molecule has 2 nitrogen and oxygen atoms in total. The molecule has 2 heteroatoms. The molecule has 0 aliphatic rings. The molecule has 0 aromatic carbocycles. The summed E-state index contributed by atoms with van der Waals surface area (Å²) in [5.41, 5.74) is 0. The number of carbonyl (C=O) groups excluding carboxylic acids is 1. The van der Waals surface area contributed by atoms with Crippen LogP contribution in [0.1, 0.15) is 213 Å². The monoisotopic (exact) mass is 563 g/mol. The molecule has 40 heavy (non-hydrogen) atoms. The van der Waals surface area contributed by atoms with E-state index in [4.69, 9.17) is 4.74 Å². The summed E-state index contributed by atoms with van der Waals surface area (Å²) in [7, 11) is 0. The molecule has 0 bridgehead atoms. The van der Waals surface area contributed by atoms with Crippen LogP contribution in [-0.2, 0) is 9.53 Å². The average Bonchev–Trinajstić information content (AvgIpc) is 2.96. The van der Waals surface area contributed by atoms with Crippen molar-refractivity contribution in [3.05, 3.63) is 12.2 Å². The van der Waals surface area contributed by atoms with Crippen LogP contribution in [0.25, 0.3) is 0 Å². The third kappa shape index (κ3) is 31.7. The summed E-state index contributed by atoms with van der Waals surface area (Å²) in [6, 6.07) is 0. The van der Waals surface area contributed by atoms with Gasteiger partial charge in [0, 0.05) is 6.42 Å². The first-order chi connectivity index (χ1) is 19.7. The van der Waals surface area contributed by atoms with Gasteiger partial charge in [0.05, 0.1) is 6.61 Å². The smallest absolute Gasteiger partial charge is 0.305 e. The summed E-state index contributed by atoms with van der Waals surface area (Å²) in [4.78, 5) is 12.3. The lowest BCUT2D eigenvalue weighted by atomic mass is 9.95. The van der Waals surface area contributed by atoms with Gasteiger partial charge in [0.1, 0.15) is 0 Å². The summed E-state index contributed by atoms with van der Waals surface area (Å²) >= 11 is 0. The van der Waals surface area contributed by atoms with Crippen molar-refractivity contribution in [2.75, 3.05) is 6.61 Å². The summed E-state index contributed by atoms with van der Waals surface area (Å²) < 4.78 is 5.75. The van der Waals surface area contributed by atoms with E-state index < -0.39 is 0 Å². The Bertz CT molecular complexity index is 512. The molecule has 0 heterocycles. The van der Waals surface area contributed by atoms with Crippen molar-refractivity contribution in [1.82, 2.24) is 0 Å². The van der Waals surface area contributed by atoms with Crippen molar-refractivity contribution in [1.29, 1.82) is 0 Å². The van der Waals surface area contributed by atoms with Gasteiger partial charge in [-0.2, -0.15) is 0 Å². The molecule has 0 fully saturated rings. The Hall–Kier alpha value is -0.790. The molecule has 238 valence electrons. The molecular weight excluding hydrogens is 488 g/mol. The highest BCUT2D eigenvalue weighted by atomic mass is 16.5. The highest BCUT2D eigenvalue weighted by Crippen LogP contribution is 2.20. The van der Waals surface area contributed by atoms with E-state index in [1.807, 2.05) is 0 Å². The molecule has 0 radical (unpaired) electrons. The molecule has 0 rings (SSSR count). The Labute approximate surface area is 253 Å². The van der Waals surface area contributed by atoms with Crippen LogP contribution in [0.4, 0.5) is 0 Å². The number of carbonyl (C=O) groups is 1. The van der Waals surface area contributed by atoms with Gasteiger partial charge in [0.2, 0.25) is 0 Å². The van der Waals surface area contributed by atoms with Crippen molar-refractivity contribution < 1.29 is 9.53 Å². The highest BCUT2D eigenvalue weighted by Gasteiger charge is 2.12. The largest absolute Gasteiger partial charge is 0.465 e. The van der Waals surface area contributed by atoms with Gasteiger partial charge < -0.3 is 4.74 Å². The van der Waals surface area contributed by atoms with E-state index in [1.54, 1.807) is 0 Å². The van der Waals surface area contributed by atoms with Crippen LogP contribution in [-0.4, -0.2) is 12.6 Å².